The molecule has 0 aliphatic carbocycles. The number of nitrogens with zero attached hydrogens (tertiary/aromatic N) is 2. The molecule has 0 bridgehead atoms. The Hall–Kier alpha value is -2.14. The molecule has 1 saturated heterocycles. The van der Waals surface area contributed by atoms with Gasteiger partial charge in [0.05, 0.1) is 5.69 Å². The van der Waals surface area contributed by atoms with Gasteiger partial charge in [-0.1, -0.05) is 31.2 Å². The van der Waals surface area contributed by atoms with Gasteiger partial charge in [0.2, 0.25) is 5.91 Å². The van der Waals surface area contributed by atoms with E-state index in [9.17, 15) is 4.79 Å². The maximum atomic E-state index is 12.3. The van der Waals surface area contributed by atoms with Gasteiger partial charge in [0.25, 0.3) is 0 Å². The molecule has 1 fully saturated rings. The number of benzene rings is 1. The van der Waals surface area contributed by atoms with Crippen LogP contribution in [0.5, 0.6) is 0 Å². The normalized spacial score (nSPS) is 16.1. The first-order valence-corrected chi connectivity index (χ1v) is 7.68. The predicted octanol–water partition coefficient (Wildman–Crippen LogP) is 2.19. The molecule has 1 atom stereocenters. The second-order valence-electron chi connectivity index (χ2n) is 6.05. The fourth-order valence-corrected chi connectivity index (χ4v) is 2.69. The lowest BCUT2D eigenvalue weighted by atomic mass is 9.88. The van der Waals surface area contributed by atoms with E-state index in [1.807, 2.05) is 38.2 Å². The van der Waals surface area contributed by atoms with Gasteiger partial charge in [0.1, 0.15) is 5.82 Å². The summed E-state index contributed by atoms with van der Waals surface area (Å²) < 4.78 is 1.73. The lowest BCUT2D eigenvalue weighted by Crippen LogP contribution is -2.48. The number of hydrogen-bond acceptors (Lipinski definition) is 3. The van der Waals surface area contributed by atoms with Crippen LogP contribution in [-0.4, -0.2) is 28.8 Å². The third-order valence-electron chi connectivity index (χ3n) is 4.49. The topological polar surface area (TPSA) is 59.0 Å². The van der Waals surface area contributed by atoms with Gasteiger partial charge in [-0.25, -0.2) is 0 Å². The Morgan fingerprint density at radius 3 is 2.77 bits per heavy atom. The Kier molecular flexibility index (Phi) is 3.98. The molecule has 2 aromatic rings. The van der Waals surface area contributed by atoms with E-state index >= 15 is 0 Å². The average Bonchev–Trinajstić information content (AvgIpc) is 2.78. The summed E-state index contributed by atoms with van der Waals surface area (Å²) >= 11 is 0. The van der Waals surface area contributed by atoms with E-state index in [1.165, 1.54) is 5.56 Å². The van der Waals surface area contributed by atoms with E-state index in [1.54, 1.807) is 4.68 Å². The van der Waals surface area contributed by atoms with Crippen molar-refractivity contribution in [1.29, 1.82) is 0 Å². The van der Waals surface area contributed by atoms with Crippen LogP contribution in [0.2, 0.25) is 0 Å². The Morgan fingerprint density at radius 1 is 1.41 bits per heavy atom. The van der Waals surface area contributed by atoms with Crippen LogP contribution >= 0.6 is 0 Å². The maximum Gasteiger partial charge on any atom is 0.228 e. The number of carbonyl (C=O) groups excluding carboxylic acids is 1. The third kappa shape index (κ3) is 2.76. The average molecular weight is 298 g/mol. The highest BCUT2D eigenvalue weighted by molar-refractivity contribution is 5.92. The number of amides is 1. The highest BCUT2D eigenvalue weighted by Crippen LogP contribution is 2.25. The molecule has 1 unspecified atom stereocenters. The molecule has 1 aromatic carbocycles. The summed E-state index contributed by atoms with van der Waals surface area (Å²) in [5.41, 5.74) is 3.15. The Morgan fingerprint density at radius 2 is 2.14 bits per heavy atom. The van der Waals surface area contributed by atoms with Gasteiger partial charge < -0.3 is 10.6 Å². The van der Waals surface area contributed by atoms with Crippen LogP contribution < -0.4 is 10.6 Å². The highest BCUT2D eigenvalue weighted by atomic mass is 16.2. The fraction of sp³-hybridized carbons (Fsp3) is 0.412. The van der Waals surface area contributed by atoms with Crippen molar-refractivity contribution in [2.75, 3.05) is 18.4 Å². The van der Waals surface area contributed by atoms with Crippen LogP contribution in [0.25, 0.3) is 11.3 Å². The molecule has 0 spiro atoms. The summed E-state index contributed by atoms with van der Waals surface area (Å²) in [5.74, 6) is 1.25. The molecule has 5 heteroatoms. The van der Waals surface area contributed by atoms with Crippen LogP contribution in [0.1, 0.15) is 12.5 Å². The molecule has 22 heavy (non-hydrogen) atoms. The molecule has 0 saturated carbocycles. The summed E-state index contributed by atoms with van der Waals surface area (Å²) in [4.78, 5) is 12.3. The number of anilines is 1. The van der Waals surface area contributed by atoms with Gasteiger partial charge >= 0.3 is 0 Å². The lowest BCUT2D eigenvalue weighted by molar-refractivity contribution is -0.121. The number of aromatic nitrogens is 2. The lowest BCUT2D eigenvalue weighted by Gasteiger charge is -2.31. The molecule has 0 radical (unpaired) electrons. The molecular weight excluding hydrogens is 276 g/mol. The number of nitrogens with one attached hydrogen (secondary N) is 2. The number of hydrogen-bond donors (Lipinski definition) is 2. The Balaban J connectivity index is 1.78. The zero-order chi connectivity index (χ0) is 15.7. The minimum Gasteiger partial charge on any atom is -0.316 e. The van der Waals surface area contributed by atoms with Crippen molar-refractivity contribution < 1.29 is 4.79 Å². The van der Waals surface area contributed by atoms with Gasteiger partial charge in [0, 0.05) is 24.6 Å². The van der Waals surface area contributed by atoms with Crippen molar-refractivity contribution in [3.8, 4) is 11.3 Å². The Labute approximate surface area is 130 Å². The molecule has 5 nitrogen and oxygen atoms in total. The quantitative estimate of drug-likeness (QED) is 0.909. The van der Waals surface area contributed by atoms with Crippen LogP contribution in [0, 0.1) is 18.8 Å². The molecule has 116 valence electrons. The van der Waals surface area contributed by atoms with Gasteiger partial charge in [-0.3, -0.25) is 9.48 Å². The molecule has 1 amide bonds. The number of carbonyl (C=O) groups is 1. The van der Waals surface area contributed by atoms with Crippen molar-refractivity contribution in [2.24, 2.45) is 18.9 Å². The minimum absolute atomic E-state index is 0.0121. The van der Waals surface area contributed by atoms with Gasteiger partial charge in [-0.15, -0.1) is 0 Å². The molecule has 2 N–H and O–H groups in total. The van der Waals surface area contributed by atoms with Crippen molar-refractivity contribution in [3.05, 3.63) is 35.9 Å². The van der Waals surface area contributed by atoms with Crippen molar-refractivity contribution >= 4 is 11.7 Å². The summed E-state index contributed by atoms with van der Waals surface area (Å²) in [5, 5.41) is 10.7. The zero-order valence-corrected chi connectivity index (χ0v) is 13.3. The van der Waals surface area contributed by atoms with Crippen LogP contribution in [0.15, 0.2) is 30.3 Å². The first-order chi connectivity index (χ1) is 10.6. The summed E-state index contributed by atoms with van der Waals surface area (Å²) in [6.07, 6.45) is 0. The molecule has 1 aromatic heterocycles. The Bertz CT molecular complexity index is 688. The standard InChI is InChI=1S/C17H22N4O/c1-11-6-4-5-7-14(11)15-8-16(21(3)20-15)19-17(22)12(2)13-9-18-10-13/h4-8,12-13,18H,9-10H2,1-3H3,(H,19,22). The molecule has 1 aliphatic rings. The van der Waals surface area contributed by atoms with E-state index < -0.39 is 0 Å². The summed E-state index contributed by atoms with van der Waals surface area (Å²) in [6, 6.07) is 10.1. The van der Waals surface area contributed by atoms with Gasteiger partial charge in [-0.2, -0.15) is 5.10 Å². The van der Waals surface area contributed by atoms with Crippen LogP contribution in [0.3, 0.4) is 0 Å². The van der Waals surface area contributed by atoms with Crippen molar-refractivity contribution in [2.45, 2.75) is 13.8 Å². The first kappa shape index (κ1) is 14.8. The maximum absolute atomic E-state index is 12.3. The first-order valence-electron chi connectivity index (χ1n) is 7.68. The second-order valence-corrected chi connectivity index (χ2v) is 6.05. The van der Waals surface area contributed by atoms with E-state index in [-0.39, 0.29) is 11.8 Å². The van der Waals surface area contributed by atoms with Crippen LogP contribution in [-0.2, 0) is 11.8 Å². The molecule has 3 rings (SSSR count). The van der Waals surface area contributed by atoms with Crippen molar-refractivity contribution in [3.63, 3.8) is 0 Å². The fourth-order valence-electron chi connectivity index (χ4n) is 2.69. The summed E-state index contributed by atoms with van der Waals surface area (Å²) in [7, 11) is 1.85. The van der Waals surface area contributed by atoms with E-state index in [2.05, 4.69) is 28.7 Å². The predicted molar refractivity (Wildman–Crippen MR) is 87.5 cm³/mol. The van der Waals surface area contributed by atoms with E-state index in [0.717, 1.165) is 30.2 Å². The SMILES string of the molecule is Cc1ccccc1-c1cc(NC(=O)C(C)C2CNC2)n(C)n1. The second kappa shape index (κ2) is 5.93. The summed E-state index contributed by atoms with van der Waals surface area (Å²) in [6.45, 7) is 5.90. The van der Waals surface area contributed by atoms with Crippen molar-refractivity contribution in [1.82, 2.24) is 15.1 Å². The largest absolute Gasteiger partial charge is 0.316 e. The zero-order valence-electron chi connectivity index (χ0n) is 13.3. The molecule has 1 aliphatic heterocycles. The van der Waals surface area contributed by atoms with Gasteiger partial charge in [-0.05, 0) is 31.5 Å². The third-order valence-corrected chi connectivity index (χ3v) is 4.49. The number of aryl methyl sites for hydroxylation is 2. The monoisotopic (exact) mass is 298 g/mol. The smallest absolute Gasteiger partial charge is 0.228 e. The van der Waals surface area contributed by atoms with Crippen LogP contribution in [0.4, 0.5) is 5.82 Å². The highest BCUT2D eigenvalue weighted by Gasteiger charge is 2.29. The molecular formula is C17H22N4O. The minimum atomic E-state index is 0.0121. The van der Waals surface area contributed by atoms with E-state index in [0.29, 0.717) is 5.92 Å². The van der Waals surface area contributed by atoms with E-state index in [4.69, 9.17) is 0 Å². The molecule has 2 heterocycles. The van der Waals surface area contributed by atoms with Gasteiger partial charge in [0.15, 0.2) is 0 Å². The number of rotatable bonds is 4.